The first kappa shape index (κ1) is 19.8. The van der Waals surface area contributed by atoms with Crippen LogP contribution in [-0.4, -0.2) is 31.4 Å². The minimum atomic E-state index is -0.275. The monoisotopic (exact) mass is 566 g/mol. The van der Waals surface area contributed by atoms with E-state index in [1.165, 1.54) is 6.21 Å². The first-order valence-corrected chi connectivity index (χ1v) is 9.31. The first-order valence-electron chi connectivity index (χ1n) is 7.15. The maximum atomic E-state index is 12.0. The molecule has 0 bridgehead atoms. The molecule has 6 nitrogen and oxygen atoms in total. The first-order chi connectivity index (χ1) is 11.9. The highest BCUT2D eigenvalue weighted by Gasteiger charge is 2.08. The summed E-state index contributed by atoms with van der Waals surface area (Å²) in [5.41, 5.74) is 3.77. The number of ether oxygens (including phenoxy) is 2. The molecule has 2 N–H and O–H groups in total. The van der Waals surface area contributed by atoms with Crippen molar-refractivity contribution in [1.82, 2.24) is 5.43 Å². The molecule has 0 spiro atoms. The highest BCUT2D eigenvalue weighted by Crippen LogP contribution is 2.28. The molecule has 0 fully saturated rings. The van der Waals surface area contributed by atoms with E-state index in [-0.39, 0.29) is 18.1 Å². The van der Waals surface area contributed by atoms with Crippen LogP contribution >= 0.6 is 45.2 Å². The number of phenols is 1. The van der Waals surface area contributed by atoms with Gasteiger partial charge in [0.05, 0.1) is 30.4 Å². The van der Waals surface area contributed by atoms with Gasteiger partial charge in [0.1, 0.15) is 5.75 Å². The van der Waals surface area contributed by atoms with Crippen LogP contribution in [0.3, 0.4) is 0 Å². The second kappa shape index (κ2) is 9.22. The summed E-state index contributed by atoms with van der Waals surface area (Å²) in [5.74, 6) is 1.03. The van der Waals surface area contributed by atoms with Gasteiger partial charge in [0, 0.05) is 9.13 Å². The van der Waals surface area contributed by atoms with Gasteiger partial charge in [0.15, 0.2) is 11.5 Å². The molecule has 0 saturated carbocycles. The second-order valence-electron chi connectivity index (χ2n) is 4.98. The lowest BCUT2D eigenvalue weighted by atomic mass is 10.1. The molecular weight excluding hydrogens is 550 g/mol. The molecule has 0 atom stereocenters. The Morgan fingerprint density at radius 1 is 1.20 bits per heavy atom. The number of rotatable bonds is 6. The summed E-state index contributed by atoms with van der Waals surface area (Å²) in [5, 5.41) is 13.9. The van der Waals surface area contributed by atoms with E-state index in [9.17, 15) is 9.90 Å². The Morgan fingerprint density at radius 3 is 2.60 bits per heavy atom. The van der Waals surface area contributed by atoms with Crippen LogP contribution < -0.4 is 14.9 Å². The largest absolute Gasteiger partial charge is 0.506 e. The molecule has 2 rings (SSSR count). The van der Waals surface area contributed by atoms with Crippen molar-refractivity contribution in [1.29, 1.82) is 0 Å². The van der Waals surface area contributed by atoms with Crippen LogP contribution in [0, 0.1) is 7.14 Å². The molecule has 8 heteroatoms. The van der Waals surface area contributed by atoms with Gasteiger partial charge in [-0.15, -0.1) is 0 Å². The van der Waals surface area contributed by atoms with Crippen molar-refractivity contribution in [3.8, 4) is 17.2 Å². The summed E-state index contributed by atoms with van der Waals surface area (Å²) >= 11 is 4.20. The smallest absolute Gasteiger partial charge is 0.244 e. The molecule has 0 aliphatic rings. The van der Waals surface area contributed by atoms with E-state index in [1.807, 2.05) is 28.7 Å². The number of carbonyl (C=O) groups is 1. The average molecular weight is 566 g/mol. The zero-order valence-electron chi connectivity index (χ0n) is 13.5. The Balaban J connectivity index is 2.01. The Bertz CT molecular complexity index is 809. The van der Waals surface area contributed by atoms with Crippen molar-refractivity contribution >= 4 is 57.3 Å². The number of nitrogens with zero attached hydrogens (tertiary/aromatic N) is 1. The van der Waals surface area contributed by atoms with E-state index >= 15 is 0 Å². The van der Waals surface area contributed by atoms with Crippen LogP contribution in [0.5, 0.6) is 17.2 Å². The van der Waals surface area contributed by atoms with Crippen LogP contribution in [0.25, 0.3) is 0 Å². The molecular formula is C17H16I2N2O4. The molecule has 2 aromatic carbocycles. The fourth-order valence-electron chi connectivity index (χ4n) is 2.07. The van der Waals surface area contributed by atoms with Crippen LogP contribution in [0.2, 0.25) is 0 Å². The van der Waals surface area contributed by atoms with Crippen LogP contribution in [0.4, 0.5) is 0 Å². The number of benzene rings is 2. The maximum Gasteiger partial charge on any atom is 0.244 e. The lowest BCUT2D eigenvalue weighted by molar-refractivity contribution is -0.120. The van der Waals surface area contributed by atoms with Crippen molar-refractivity contribution in [2.75, 3.05) is 14.2 Å². The molecule has 1 amide bonds. The Kier molecular flexibility index (Phi) is 7.29. The number of hydrazone groups is 1. The number of nitrogens with one attached hydrogen (secondary N) is 1. The van der Waals surface area contributed by atoms with Gasteiger partial charge in [-0.05, 0) is 75.0 Å². The molecule has 0 saturated heterocycles. The zero-order valence-corrected chi connectivity index (χ0v) is 17.9. The van der Waals surface area contributed by atoms with Gasteiger partial charge >= 0.3 is 0 Å². The van der Waals surface area contributed by atoms with Gasteiger partial charge in [-0.2, -0.15) is 5.10 Å². The molecule has 0 aliphatic heterocycles. The minimum absolute atomic E-state index is 0.138. The number of amides is 1. The number of aromatic hydroxyl groups is 1. The Labute approximate surface area is 172 Å². The van der Waals surface area contributed by atoms with Crippen LogP contribution in [0.1, 0.15) is 11.1 Å². The minimum Gasteiger partial charge on any atom is -0.506 e. The van der Waals surface area contributed by atoms with E-state index in [0.29, 0.717) is 17.1 Å². The summed E-state index contributed by atoms with van der Waals surface area (Å²) in [6.07, 6.45) is 1.57. The van der Waals surface area contributed by atoms with E-state index in [1.54, 1.807) is 38.5 Å². The molecule has 2 aromatic rings. The zero-order chi connectivity index (χ0) is 18.4. The standard InChI is InChI=1S/C17H16I2N2O4/c1-24-14-4-3-10(5-15(14)25-2)6-16(22)21-20-9-11-7-12(18)8-13(19)17(11)23/h3-5,7-9,23H,6H2,1-2H3,(H,21,22). The predicted octanol–water partition coefficient (Wildman–Crippen LogP) is 3.31. The average Bonchev–Trinajstić information content (AvgIpc) is 2.58. The van der Waals surface area contributed by atoms with Gasteiger partial charge in [0.25, 0.3) is 0 Å². The van der Waals surface area contributed by atoms with Crippen molar-refractivity contribution in [3.05, 3.63) is 48.6 Å². The third-order valence-electron chi connectivity index (χ3n) is 3.26. The third kappa shape index (κ3) is 5.46. The number of carbonyl (C=O) groups excluding carboxylic acids is 1. The number of halogens is 2. The van der Waals surface area contributed by atoms with Crippen molar-refractivity contribution in [3.63, 3.8) is 0 Å². The van der Waals surface area contributed by atoms with Crippen LogP contribution in [-0.2, 0) is 11.2 Å². The number of hydrogen-bond acceptors (Lipinski definition) is 5. The van der Waals surface area contributed by atoms with Gasteiger partial charge in [0.2, 0.25) is 5.91 Å². The summed E-state index contributed by atoms with van der Waals surface area (Å²) in [6.45, 7) is 0. The molecule has 0 aromatic heterocycles. The highest BCUT2D eigenvalue weighted by atomic mass is 127. The maximum absolute atomic E-state index is 12.0. The lowest BCUT2D eigenvalue weighted by Crippen LogP contribution is -2.19. The second-order valence-corrected chi connectivity index (χ2v) is 7.39. The summed E-state index contributed by atoms with van der Waals surface area (Å²) in [4.78, 5) is 12.0. The topological polar surface area (TPSA) is 80.2 Å². The number of phenolic OH excluding ortho intramolecular Hbond substituents is 1. The summed E-state index contributed by atoms with van der Waals surface area (Å²) in [6, 6.07) is 8.91. The summed E-state index contributed by atoms with van der Waals surface area (Å²) < 4.78 is 12.1. The quantitative estimate of drug-likeness (QED) is 0.320. The molecule has 0 unspecified atom stereocenters. The molecule has 25 heavy (non-hydrogen) atoms. The SMILES string of the molecule is COc1ccc(CC(=O)NN=Cc2cc(I)cc(I)c2O)cc1OC. The normalized spacial score (nSPS) is 10.7. The van der Waals surface area contributed by atoms with E-state index < -0.39 is 0 Å². The van der Waals surface area contributed by atoms with Gasteiger partial charge < -0.3 is 14.6 Å². The van der Waals surface area contributed by atoms with E-state index in [2.05, 4.69) is 33.1 Å². The van der Waals surface area contributed by atoms with E-state index in [0.717, 1.165) is 12.7 Å². The molecule has 132 valence electrons. The number of methoxy groups -OCH3 is 2. The molecule has 0 radical (unpaired) electrons. The molecule has 0 heterocycles. The van der Waals surface area contributed by atoms with Crippen molar-refractivity contribution in [2.24, 2.45) is 5.10 Å². The Morgan fingerprint density at radius 2 is 1.92 bits per heavy atom. The van der Waals surface area contributed by atoms with Crippen LogP contribution in [0.15, 0.2) is 35.4 Å². The molecule has 0 aliphatic carbocycles. The van der Waals surface area contributed by atoms with Gasteiger partial charge in [-0.1, -0.05) is 6.07 Å². The van der Waals surface area contributed by atoms with Gasteiger partial charge in [-0.3, -0.25) is 4.79 Å². The number of hydrogen-bond donors (Lipinski definition) is 2. The predicted molar refractivity (Wildman–Crippen MR) is 113 cm³/mol. The third-order valence-corrected chi connectivity index (χ3v) is 4.71. The Hall–Kier alpha value is -1.56. The fraction of sp³-hybridized carbons (Fsp3) is 0.176. The van der Waals surface area contributed by atoms with Crippen molar-refractivity contribution in [2.45, 2.75) is 6.42 Å². The highest BCUT2D eigenvalue weighted by molar-refractivity contribution is 14.1. The van der Waals surface area contributed by atoms with Gasteiger partial charge in [-0.25, -0.2) is 5.43 Å². The fourth-order valence-corrected chi connectivity index (χ4v) is 3.96. The lowest BCUT2D eigenvalue weighted by Gasteiger charge is -2.09. The summed E-state index contributed by atoms with van der Waals surface area (Å²) in [7, 11) is 3.10. The van der Waals surface area contributed by atoms with E-state index in [4.69, 9.17) is 9.47 Å². The van der Waals surface area contributed by atoms with Crippen molar-refractivity contribution < 1.29 is 19.4 Å².